The molecule has 3 fully saturated rings. The average molecular weight is 357 g/mol. The number of ether oxygens (including phenoxy) is 1. The van der Waals surface area contributed by atoms with Crippen molar-refractivity contribution < 1.29 is 19.4 Å². The molecule has 0 aromatic heterocycles. The number of Topliss-reactive ketones (excluding diaryl/α,β-unsaturated/α-hetero) is 1. The van der Waals surface area contributed by atoms with E-state index in [1.807, 2.05) is 6.92 Å². The number of esters is 1. The number of nitriles is 1. The minimum Gasteiger partial charge on any atom is -0.466 e. The molecule has 140 valence electrons. The molecule has 3 saturated carbocycles. The molecule has 1 N–H and O–H groups in total. The van der Waals surface area contributed by atoms with Crippen molar-refractivity contribution in [1.29, 1.82) is 5.26 Å². The second-order valence-electron chi connectivity index (χ2n) is 9.08. The van der Waals surface area contributed by atoms with E-state index >= 15 is 0 Å². The van der Waals surface area contributed by atoms with Gasteiger partial charge in [0.2, 0.25) is 0 Å². The maximum atomic E-state index is 13.3. The number of rotatable bonds is 3. The van der Waals surface area contributed by atoms with E-state index in [0.717, 1.165) is 25.7 Å². The maximum absolute atomic E-state index is 13.3. The van der Waals surface area contributed by atoms with Gasteiger partial charge in [-0.05, 0) is 43.9 Å². The third-order valence-corrected chi connectivity index (χ3v) is 8.05. The molecule has 5 nitrogen and oxygen atoms in total. The van der Waals surface area contributed by atoms with Crippen LogP contribution in [0, 0.1) is 45.3 Å². The Labute approximate surface area is 154 Å². The number of carbonyl (C=O) groups excluding carboxylic acids is 2. The molecule has 1 unspecified atom stereocenters. The molecule has 4 aliphatic carbocycles. The van der Waals surface area contributed by atoms with Crippen molar-refractivity contribution in [3.63, 3.8) is 0 Å². The maximum Gasteiger partial charge on any atom is 0.302 e. The van der Waals surface area contributed by atoms with Crippen LogP contribution in [0.15, 0.2) is 12.2 Å². The zero-order valence-corrected chi connectivity index (χ0v) is 15.5. The fraction of sp³-hybridized carbons (Fsp3) is 0.762. The van der Waals surface area contributed by atoms with Crippen LogP contribution in [0.5, 0.6) is 0 Å². The number of hydrogen-bond donors (Lipinski definition) is 1. The van der Waals surface area contributed by atoms with Gasteiger partial charge in [0.05, 0.1) is 24.2 Å². The molecule has 0 radical (unpaired) electrons. The molecule has 4 bridgehead atoms. The first-order chi connectivity index (χ1) is 12.3. The zero-order valence-electron chi connectivity index (χ0n) is 15.5. The minimum atomic E-state index is -0.699. The van der Waals surface area contributed by atoms with Gasteiger partial charge in [-0.15, -0.1) is 0 Å². The van der Waals surface area contributed by atoms with Gasteiger partial charge in [-0.1, -0.05) is 18.6 Å². The first kappa shape index (κ1) is 17.7. The van der Waals surface area contributed by atoms with E-state index in [-0.39, 0.29) is 41.5 Å². The predicted octanol–water partition coefficient (Wildman–Crippen LogP) is 2.78. The Bertz CT molecular complexity index is 724. The van der Waals surface area contributed by atoms with Gasteiger partial charge in [0.15, 0.2) is 0 Å². The summed E-state index contributed by atoms with van der Waals surface area (Å²) < 4.78 is 5.21. The molecule has 0 amide bonds. The van der Waals surface area contributed by atoms with Crippen LogP contribution in [0.2, 0.25) is 0 Å². The highest BCUT2D eigenvalue weighted by Crippen LogP contribution is 2.75. The first-order valence-electron chi connectivity index (χ1n) is 9.74. The number of aliphatic hydroxyl groups is 1. The minimum absolute atomic E-state index is 0.0909. The fourth-order valence-electron chi connectivity index (χ4n) is 7.33. The van der Waals surface area contributed by atoms with E-state index in [2.05, 4.69) is 18.2 Å². The van der Waals surface area contributed by atoms with Gasteiger partial charge in [0.1, 0.15) is 5.78 Å². The van der Waals surface area contributed by atoms with Crippen LogP contribution < -0.4 is 0 Å². The molecule has 5 heteroatoms. The Morgan fingerprint density at radius 2 is 2.23 bits per heavy atom. The average Bonchev–Trinajstić information content (AvgIpc) is 2.69. The van der Waals surface area contributed by atoms with Crippen molar-refractivity contribution >= 4 is 11.8 Å². The molecule has 1 spiro atoms. The largest absolute Gasteiger partial charge is 0.466 e. The molecule has 0 aromatic rings. The quantitative estimate of drug-likeness (QED) is 0.620. The lowest BCUT2D eigenvalue weighted by molar-refractivity contribution is -0.162. The lowest BCUT2D eigenvalue weighted by Gasteiger charge is -2.58. The SMILES string of the molecule is CC(=O)OCC[C@]12CC(=O)C3[C@]4(CCC[C@@]3(C)C#N)[C@@H](O)[C@@H]1C=CC[C@@H]24. The van der Waals surface area contributed by atoms with Gasteiger partial charge in [-0.3, -0.25) is 9.59 Å². The summed E-state index contributed by atoms with van der Waals surface area (Å²) in [4.78, 5) is 24.6. The molecule has 7 atom stereocenters. The highest BCUT2D eigenvalue weighted by Gasteiger charge is 2.76. The Kier molecular flexibility index (Phi) is 3.86. The summed E-state index contributed by atoms with van der Waals surface area (Å²) in [6, 6.07) is 2.44. The van der Waals surface area contributed by atoms with Crippen molar-refractivity contribution in [2.24, 2.45) is 34.0 Å². The second-order valence-corrected chi connectivity index (χ2v) is 9.08. The number of nitrogens with zero attached hydrogens (tertiary/aromatic N) is 1. The first-order valence-corrected chi connectivity index (χ1v) is 9.74. The predicted molar refractivity (Wildman–Crippen MR) is 93.5 cm³/mol. The third kappa shape index (κ3) is 2.00. The normalized spacial score (nSPS) is 48.6. The Morgan fingerprint density at radius 1 is 1.46 bits per heavy atom. The molecule has 0 aliphatic heterocycles. The van der Waals surface area contributed by atoms with Gasteiger partial charge in [0, 0.05) is 30.6 Å². The summed E-state index contributed by atoms with van der Waals surface area (Å²) >= 11 is 0. The number of allylic oxidation sites excluding steroid dienone is 1. The van der Waals surface area contributed by atoms with Crippen LogP contribution in [0.3, 0.4) is 0 Å². The van der Waals surface area contributed by atoms with Gasteiger partial charge in [0.25, 0.3) is 0 Å². The van der Waals surface area contributed by atoms with Crippen LogP contribution in [0.1, 0.15) is 52.4 Å². The van der Waals surface area contributed by atoms with E-state index in [1.165, 1.54) is 6.92 Å². The van der Waals surface area contributed by atoms with Crippen LogP contribution in [-0.2, 0) is 14.3 Å². The molecular weight excluding hydrogens is 330 g/mol. The van der Waals surface area contributed by atoms with Crippen molar-refractivity contribution in [3.8, 4) is 6.07 Å². The highest BCUT2D eigenvalue weighted by molar-refractivity contribution is 5.86. The lowest BCUT2D eigenvalue weighted by atomic mass is 9.44. The van der Waals surface area contributed by atoms with Crippen molar-refractivity contribution in [3.05, 3.63) is 12.2 Å². The summed E-state index contributed by atoms with van der Waals surface area (Å²) in [5, 5.41) is 21.3. The molecular formula is C21H27NO4. The van der Waals surface area contributed by atoms with Gasteiger partial charge < -0.3 is 9.84 Å². The van der Waals surface area contributed by atoms with E-state index < -0.39 is 16.9 Å². The van der Waals surface area contributed by atoms with Crippen molar-refractivity contribution in [2.45, 2.75) is 58.5 Å². The van der Waals surface area contributed by atoms with E-state index in [1.54, 1.807) is 0 Å². The Morgan fingerprint density at radius 3 is 2.92 bits per heavy atom. The van der Waals surface area contributed by atoms with Gasteiger partial charge in [-0.25, -0.2) is 0 Å². The highest BCUT2D eigenvalue weighted by atomic mass is 16.5. The zero-order chi connectivity index (χ0) is 18.7. The molecule has 26 heavy (non-hydrogen) atoms. The van der Waals surface area contributed by atoms with Crippen molar-refractivity contribution in [1.82, 2.24) is 0 Å². The van der Waals surface area contributed by atoms with E-state index in [4.69, 9.17) is 4.74 Å². The van der Waals surface area contributed by atoms with Crippen LogP contribution in [0.4, 0.5) is 0 Å². The number of aliphatic hydroxyl groups excluding tert-OH is 1. The van der Waals surface area contributed by atoms with Crippen molar-refractivity contribution in [2.75, 3.05) is 6.61 Å². The third-order valence-electron chi connectivity index (χ3n) is 8.05. The monoisotopic (exact) mass is 357 g/mol. The molecule has 0 saturated heterocycles. The smallest absolute Gasteiger partial charge is 0.302 e. The molecule has 0 heterocycles. The van der Waals surface area contributed by atoms with Crippen LogP contribution >= 0.6 is 0 Å². The topological polar surface area (TPSA) is 87.4 Å². The van der Waals surface area contributed by atoms with Gasteiger partial charge in [-0.2, -0.15) is 5.26 Å². The number of ketones is 1. The van der Waals surface area contributed by atoms with Crippen LogP contribution in [-0.4, -0.2) is 29.6 Å². The standard InChI is InChI=1S/C21H27NO4/c1-13(23)26-10-9-20-11-15(24)17-19(2,12-22)7-4-8-21(17)16(20)6-3-5-14(20)18(21)25/h3,5,14,16-18,25H,4,6-11H2,1-2H3/t14-,16-,17?,18-,19-,20-,21+/m0/s1. The van der Waals surface area contributed by atoms with E-state index in [9.17, 15) is 20.0 Å². The molecule has 4 aliphatic rings. The van der Waals surface area contributed by atoms with Crippen LogP contribution in [0.25, 0.3) is 0 Å². The van der Waals surface area contributed by atoms with E-state index in [0.29, 0.717) is 12.8 Å². The summed E-state index contributed by atoms with van der Waals surface area (Å²) in [5.41, 5.74) is -1.55. The number of hydrogen-bond acceptors (Lipinski definition) is 5. The Hall–Kier alpha value is -1.67. The summed E-state index contributed by atoms with van der Waals surface area (Å²) in [6.07, 6.45) is 7.84. The Balaban J connectivity index is 1.80. The summed E-state index contributed by atoms with van der Waals surface area (Å²) in [5.74, 6) is -0.492. The number of carbonyl (C=O) groups is 2. The summed E-state index contributed by atoms with van der Waals surface area (Å²) in [6.45, 7) is 3.59. The van der Waals surface area contributed by atoms with Gasteiger partial charge >= 0.3 is 5.97 Å². The second kappa shape index (κ2) is 5.66. The fourth-order valence-corrected chi connectivity index (χ4v) is 7.33. The molecule has 0 aromatic carbocycles. The molecule has 4 rings (SSSR count). The summed E-state index contributed by atoms with van der Waals surface area (Å²) in [7, 11) is 0. The lowest BCUT2D eigenvalue weighted by Crippen LogP contribution is -2.59.